The van der Waals surface area contributed by atoms with Gasteiger partial charge in [0.25, 0.3) is 0 Å². The third-order valence-electron chi connectivity index (χ3n) is 2.82. The number of hydrogen-bond acceptors (Lipinski definition) is 4. The summed E-state index contributed by atoms with van der Waals surface area (Å²) in [6.07, 6.45) is 0. The van der Waals surface area contributed by atoms with Crippen molar-refractivity contribution < 1.29 is 14.7 Å². The predicted octanol–water partition coefficient (Wildman–Crippen LogP) is 2.45. The summed E-state index contributed by atoms with van der Waals surface area (Å²) < 4.78 is 0. The molecule has 0 unspecified atom stereocenters. The molecule has 0 spiro atoms. The highest BCUT2D eigenvalue weighted by Crippen LogP contribution is 2.18. The third kappa shape index (κ3) is 3.60. The highest BCUT2D eigenvalue weighted by atomic mass is 32.1. The van der Waals surface area contributed by atoms with Gasteiger partial charge in [0, 0.05) is 18.1 Å². The molecule has 0 bridgehead atoms. The Balaban J connectivity index is 2.05. The minimum absolute atomic E-state index is 0.0289. The molecule has 21 heavy (non-hydrogen) atoms. The van der Waals surface area contributed by atoms with Crippen LogP contribution in [0, 0.1) is 13.8 Å². The number of nitrogens with one attached hydrogen (secondary N) is 2. The van der Waals surface area contributed by atoms with Gasteiger partial charge in [0.15, 0.2) is 0 Å². The van der Waals surface area contributed by atoms with Crippen LogP contribution in [0.25, 0.3) is 0 Å². The van der Waals surface area contributed by atoms with E-state index < -0.39 is 5.97 Å². The number of carboxylic acid groups (broad SMARTS) is 1. The van der Waals surface area contributed by atoms with E-state index in [4.69, 9.17) is 5.11 Å². The predicted molar refractivity (Wildman–Crippen MR) is 79.8 cm³/mol. The molecule has 2 amide bonds. The van der Waals surface area contributed by atoms with Crippen LogP contribution in [0.1, 0.15) is 26.9 Å². The van der Waals surface area contributed by atoms with E-state index in [1.807, 2.05) is 12.3 Å². The van der Waals surface area contributed by atoms with Crippen LogP contribution in [0.4, 0.5) is 10.5 Å². The molecule has 0 saturated heterocycles. The Hall–Kier alpha value is -2.35. The zero-order valence-electron chi connectivity index (χ0n) is 11.9. The number of thiazole rings is 1. The number of urea groups is 1. The number of carboxylic acids is 1. The number of aryl methyl sites for hydroxylation is 2. The van der Waals surface area contributed by atoms with Crippen molar-refractivity contribution in [3.8, 4) is 0 Å². The number of amides is 2. The Labute approximate surface area is 125 Å². The van der Waals surface area contributed by atoms with Gasteiger partial charge in [-0.1, -0.05) is 0 Å². The lowest BCUT2D eigenvalue weighted by Crippen LogP contribution is -2.31. The van der Waals surface area contributed by atoms with Gasteiger partial charge < -0.3 is 20.3 Å². The number of hydrogen-bond donors (Lipinski definition) is 3. The molecule has 0 radical (unpaired) electrons. The summed E-state index contributed by atoms with van der Waals surface area (Å²) in [5.41, 5.74) is 1.70. The molecule has 3 N–H and O–H groups in total. The molecule has 0 aliphatic rings. The molecule has 2 heterocycles. The first kappa shape index (κ1) is 15.0. The lowest BCUT2D eigenvalue weighted by molar-refractivity contribution is 0.0692. The van der Waals surface area contributed by atoms with Crippen LogP contribution in [0.15, 0.2) is 11.4 Å². The van der Waals surface area contributed by atoms with E-state index in [-0.39, 0.29) is 17.4 Å². The summed E-state index contributed by atoms with van der Waals surface area (Å²) >= 11 is 1.52. The first-order chi connectivity index (χ1) is 9.86. The number of aromatic nitrogens is 2. The van der Waals surface area contributed by atoms with E-state index >= 15 is 0 Å². The van der Waals surface area contributed by atoms with Crippen molar-refractivity contribution in [2.45, 2.75) is 20.4 Å². The highest BCUT2D eigenvalue weighted by Gasteiger charge is 2.17. The second-order valence-electron chi connectivity index (χ2n) is 4.69. The van der Waals surface area contributed by atoms with Crippen molar-refractivity contribution in [3.05, 3.63) is 33.5 Å². The number of carbonyl (C=O) groups excluding carboxylic acids is 1. The van der Waals surface area contributed by atoms with Crippen molar-refractivity contribution in [3.63, 3.8) is 0 Å². The van der Waals surface area contributed by atoms with Crippen LogP contribution < -0.4 is 5.32 Å². The smallest absolute Gasteiger partial charge is 0.354 e. The Morgan fingerprint density at radius 1 is 1.48 bits per heavy atom. The molecular formula is C13H16N4O3S. The van der Waals surface area contributed by atoms with Gasteiger partial charge in [-0.2, -0.15) is 0 Å². The normalized spacial score (nSPS) is 10.4. The standard InChI is InChI=1S/C13H16N4O3S/c1-7-4-10(11(14-7)12(18)19)16-13(20)17(3)5-9-6-21-8(2)15-9/h4,6,14H,5H2,1-3H3,(H,16,20)(H,18,19). The number of H-pyrrole nitrogens is 1. The Kier molecular flexibility index (Phi) is 4.27. The van der Waals surface area contributed by atoms with Crippen LogP contribution >= 0.6 is 11.3 Å². The maximum absolute atomic E-state index is 12.1. The number of aromatic amines is 1. The maximum Gasteiger partial charge on any atom is 0.354 e. The number of anilines is 1. The van der Waals surface area contributed by atoms with Crippen molar-refractivity contribution in [2.75, 3.05) is 12.4 Å². The summed E-state index contributed by atoms with van der Waals surface area (Å²) in [5, 5.41) is 14.5. The lowest BCUT2D eigenvalue weighted by Gasteiger charge is -2.16. The van der Waals surface area contributed by atoms with E-state index in [0.717, 1.165) is 10.7 Å². The van der Waals surface area contributed by atoms with E-state index in [9.17, 15) is 9.59 Å². The fourth-order valence-electron chi connectivity index (χ4n) is 1.86. The SMILES string of the molecule is Cc1cc(NC(=O)N(C)Cc2csc(C)n2)c(C(=O)O)[nH]1. The average Bonchev–Trinajstić information content (AvgIpc) is 2.95. The molecular weight excluding hydrogens is 292 g/mol. The fourth-order valence-corrected chi connectivity index (χ4v) is 2.47. The van der Waals surface area contributed by atoms with Crippen LogP contribution in [0.2, 0.25) is 0 Å². The van der Waals surface area contributed by atoms with Crippen LogP contribution in [0.3, 0.4) is 0 Å². The number of carbonyl (C=O) groups is 2. The van der Waals surface area contributed by atoms with Crippen molar-refractivity contribution in [2.24, 2.45) is 0 Å². The van der Waals surface area contributed by atoms with Crippen molar-refractivity contribution >= 4 is 29.0 Å². The monoisotopic (exact) mass is 308 g/mol. The molecule has 7 nitrogen and oxygen atoms in total. The minimum Gasteiger partial charge on any atom is -0.477 e. The van der Waals surface area contributed by atoms with Crippen LogP contribution in [-0.4, -0.2) is 39.0 Å². The molecule has 0 fully saturated rings. The molecule has 2 aromatic heterocycles. The highest BCUT2D eigenvalue weighted by molar-refractivity contribution is 7.09. The molecule has 0 atom stereocenters. The number of rotatable bonds is 4. The lowest BCUT2D eigenvalue weighted by atomic mass is 10.3. The molecule has 0 saturated carbocycles. The Morgan fingerprint density at radius 3 is 2.76 bits per heavy atom. The van der Waals surface area contributed by atoms with E-state index in [1.165, 1.54) is 16.2 Å². The first-order valence-electron chi connectivity index (χ1n) is 6.23. The second kappa shape index (κ2) is 5.96. The largest absolute Gasteiger partial charge is 0.477 e. The van der Waals surface area contributed by atoms with Gasteiger partial charge in [0.2, 0.25) is 0 Å². The molecule has 112 valence electrons. The third-order valence-corrected chi connectivity index (χ3v) is 3.64. The van der Waals surface area contributed by atoms with Gasteiger partial charge in [-0.05, 0) is 19.9 Å². The van der Waals surface area contributed by atoms with Crippen LogP contribution in [-0.2, 0) is 6.54 Å². The van der Waals surface area contributed by atoms with Gasteiger partial charge >= 0.3 is 12.0 Å². The molecule has 0 aromatic carbocycles. The molecule has 2 rings (SSSR count). The summed E-state index contributed by atoms with van der Waals surface area (Å²) in [4.78, 5) is 31.6. The summed E-state index contributed by atoms with van der Waals surface area (Å²) in [7, 11) is 1.63. The van der Waals surface area contributed by atoms with E-state index in [1.54, 1.807) is 20.0 Å². The number of aromatic carboxylic acids is 1. The quantitative estimate of drug-likeness (QED) is 0.808. The molecule has 0 aliphatic carbocycles. The Morgan fingerprint density at radius 2 is 2.19 bits per heavy atom. The zero-order valence-corrected chi connectivity index (χ0v) is 12.7. The topological polar surface area (TPSA) is 98.3 Å². The van der Waals surface area contributed by atoms with Gasteiger partial charge in [-0.3, -0.25) is 0 Å². The Bertz CT molecular complexity index is 677. The van der Waals surface area contributed by atoms with Gasteiger partial charge in [-0.15, -0.1) is 11.3 Å². The van der Waals surface area contributed by atoms with Gasteiger partial charge in [0.05, 0.1) is 22.9 Å². The minimum atomic E-state index is -1.11. The van der Waals surface area contributed by atoms with Crippen molar-refractivity contribution in [1.82, 2.24) is 14.9 Å². The summed E-state index contributed by atoms with van der Waals surface area (Å²) in [5.74, 6) is -1.11. The first-order valence-corrected chi connectivity index (χ1v) is 7.11. The average molecular weight is 308 g/mol. The summed E-state index contributed by atoms with van der Waals surface area (Å²) in [6.45, 7) is 3.99. The number of nitrogens with zero attached hydrogens (tertiary/aromatic N) is 2. The van der Waals surface area contributed by atoms with Gasteiger partial charge in [-0.25, -0.2) is 14.6 Å². The fraction of sp³-hybridized carbons (Fsp3) is 0.308. The zero-order chi connectivity index (χ0) is 15.6. The second-order valence-corrected chi connectivity index (χ2v) is 5.75. The molecule has 0 aliphatic heterocycles. The molecule has 8 heteroatoms. The van der Waals surface area contributed by atoms with E-state index in [0.29, 0.717) is 12.2 Å². The van der Waals surface area contributed by atoms with Crippen LogP contribution in [0.5, 0.6) is 0 Å². The maximum atomic E-state index is 12.1. The summed E-state index contributed by atoms with van der Waals surface area (Å²) in [6, 6.07) is 1.20. The van der Waals surface area contributed by atoms with Gasteiger partial charge in [0.1, 0.15) is 5.69 Å². The van der Waals surface area contributed by atoms with Crippen molar-refractivity contribution in [1.29, 1.82) is 0 Å². The van der Waals surface area contributed by atoms with E-state index in [2.05, 4.69) is 15.3 Å². The molecule has 2 aromatic rings.